The smallest absolute Gasteiger partial charge is 0.141 e. The molecule has 1 aromatic heterocycles. The van der Waals surface area contributed by atoms with Crippen LogP contribution in [0.3, 0.4) is 0 Å². The van der Waals surface area contributed by atoms with Crippen molar-refractivity contribution in [2.24, 2.45) is 5.92 Å². The van der Waals surface area contributed by atoms with Gasteiger partial charge in [0.25, 0.3) is 0 Å². The number of hydrogen-bond acceptors (Lipinski definition) is 2. The maximum absolute atomic E-state index is 11.5. The first-order valence-corrected chi connectivity index (χ1v) is 5.60. The van der Waals surface area contributed by atoms with Crippen LogP contribution in [0.25, 0.3) is 0 Å². The van der Waals surface area contributed by atoms with Gasteiger partial charge in [-0.3, -0.25) is 9.78 Å². The third-order valence-corrected chi connectivity index (χ3v) is 2.82. The quantitative estimate of drug-likeness (QED) is 0.830. The zero-order chi connectivity index (χ0) is 10.1. The molecule has 0 aliphatic heterocycles. The lowest BCUT2D eigenvalue weighted by molar-refractivity contribution is -0.119. The summed E-state index contributed by atoms with van der Waals surface area (Å²) in [6.45, 7) is 1.94. The average molecular weight is 254 g/mol. The zero-order valence-electron chi connectivity index (χ0n) is 8.09. The Hall–Kier alpha value is -0.700. The molecule has 3 heteroatoms. The predicted molar refractivity (Wildman–Crippen MR) is 58.1 cm³/mol. The first-order chi connectivity index (χ1) is 6.65. The minimum Gasteiger partial charge on any atom is -0.299 e. The van der Waals surface area contributed by atoms with Gasteiger partial charge in [0.1, 0.15) is 5.78 Å². The minimum absolute atomic E-state index is 0.330. The lowest BCUT2D eigenvalue weighted by Crippen LogP contribution is -2.06. The van der Waals surface area contributed by atoms with Crippen molar-refractivity contribution in [1.82, 2.24) is 4.98 Å². The van der Waals surface area contributed by atoms with Crippen molar-refractivity contribution in [3.63, 3.8) is 0 Å². The summed E-state index contributed by atoms with van der Waals surface area (Å²) in [6.07, 6.45) is 2.64. The van der Waals surface area contributed by atoms with Crippen LogP contribution >= 0.6 is 15.9 Å². The van der Waals surface area contributed by atoms with E-state index in [0.717, 1.165) is 28.7 Å². The SMILES string of the molecule is Cc1cc(Br)cc(CC(=O)C2CC2)n1. The normalized spacial score (nSPS) is 15.6. The molecule has 1 aliphatic rings. The van der Waals surface area contributed by atoms with E-state index < -0.39 is 0 Å². The fourth-order valence-electron chi connectivity index (χ4n) is 1.51. The first kappa shape index (κ1) is 9.84. The van der Waals surface area contributed by atoms with Gasteiger partial charge in [0, 0.05) is 28.2 Å². The minimum atomic E-state index is 0.330. The number of aromatic nitrogens is 1. The molecule has 0 bridgehead atoms. The standard InChI is InChI=1S/C11H12BrNO/c1-7-4-9(12)5-10(13-7)6-11(14)8-2-3-8/h4-5,8H,2-3,6H2,1H3. The van der Waals surface area contributed by atoms with E-state index in [4.69, 9.17) is 0 Å². The van der Waals surface area contributed by atoms with Gasteiger partial charge >= 0.3 is 0 Å². The fraction of sp³-hybridized carbons (Fsp3) is 0.455. The Morgan fingerprint density at radius 2 is 2.29 bits per heavy atom. The second-order valence-electron chi connectivity index (χ2n) is 3.84. The van der Waals surface area contributed by atoms with E-state index in [-0.39, 0.29) is 0 Å². The van der Waals surface area contributed by atoms with Gasteiger partial charge in [-0.15, -0.1) is 0 Å². The Kier molecular flexibility index (Phi) is 2.68. The summed E-state index contributed by atoms with van der Waals surface area (Å²) in [6, 6.07) is 3.87. The second-order valence-corrected chi connectivity index (χ2v) is 4.75. The molecule has 0 amide bonds. The number of pyridine rings is 1. The molecule has 0 radical (unpaired) electrons. The molecule has 2 nitrogen and oxygen atoms in total. The summed E-state index contributed by atoms with van der Waals surface area (Å²) in [4.78, 5) is 15.9. The lowest BCUT2D eigenvalue weighted by atomic mass is 10.1. The molecule has 1 fully saturated rings. The highest BCUT2D eigenvalue weighted by Crippen LogP contribution is 2.30. The highest BCUT2D eigenvalue weighted by molar-refractivity contribution is 9.10. The van der Waals surface area contributed by atoms with Crippen LogP contribution in [0, 0.1) is 12.8 Å². The van der Waals surface area contributed by atoms with Gasteiger partial charge in [-0.25, -0.2) is 0 Å². The van der Waals surface area contributed by atoms with Crippen LogP contribution in [-0.2, 0) is 11.2 Å². The van der Waals surface area contributed by atoms with Crippen molar-refractivity contribution < 1.29 is 4.79 Å². The largest absolute Gasteiger partial charge is 0.299 e. The Bertz CT molecular complexity index is 351. The topological polar surface area (TPSA) is 30.0 Å². The fourth-order valence-corrected chi connectivity index (χ4v) is 2.11. The first-order valence-electron chi connectivity index (χ1n) is 4.81. The van der Waals surface area contributed by atoms with Gasteiger partial charge in [0.2, 0.25) is 0 Å². The molecule has 0 saturated heterocycles. The maximum Gasteiger partial charge on any atom is 0.141 e. The number of aryl methyl sites for hydroxylation is 1. The van der Waals surface area contributed by atoms with Crippen LogP contribution in [0.4, 0.5) is 0 Å². The van der Waals surface area contributed by atoms with Crippen LogP contribution < -0.4 is 0 Å². The van der Waals surface area contributed by atoms with E-state index in [1.54, 1.807) is 0 Å². The summed E-state index contributed by atoms with van der Waals surface area (Å²) in [5, 5.41) is 0. The van der Waals surface area contributed by atoms with Crippen LogP contribution in [0.2, 0.25) is 0 Å². The molecule has 0 spiro atoms. The van der Waals surface area contributed by atoms with E-state index in [1.165, 1.54) is 0 Å². The molecule has 2 rings (SSSR count). The van der Waals surface area contributed by atoms with E-state index in [0.29, 0.717) is 18.1 Å². The van der Waals surface area contributed by atoms with Crippen LogP contribution in [-0.4, -0.2) is 10.8 Å². The van der Waals surface area contributed by atoms with Crippen molar-refractivity contribution >= 4 is 21.7 Å². The van der Waals surface area contributed by atoms with Crippen molar-refractivity contribution in [2.75, 3.05) is 0 Å². The van der Waals surface area contributed by atoms with Gasteiger partial charge in [-0.05, 0) is 31.9 Å². The van der Waals surface area contributed by atoms with Gasteiger partial charge < -0.3 is 0 Å². The number of Topliss-reactive ketones (excluding diaryl/α,β-unsaturated/α-hetero) is 1. The molecule has 0 aromatic carbocycles. The molecular weight excluding hydrogens is 242 g/mol. The number of carbonyl (C=O) groups is 1. The summed E-state index contributed by atoms with van der Waals surface area (Å²) in [5.41, 5.74) is 1.84. The van der Waals surface area contributed by atoms with Gasteiger partial charge in [-0.1, -0.05) is 15.9 Å². The second kappa shape index (κ2) is 3.81. The predicted octanol–water partition coefficient (Wildman–Crippen LogP) is 2.67. The third-order valence-electron chi connectivity index (χ3n) is 2.36. The number of halogens is 1. The summed E-state index contributed by atoms with van der Waals surface area (Å²) in [5.74, 6) is 0.672. The molecule has 1 aliphatic carbocycles. The van der Waals surface area contributed by atoms with Gasteiger partial charge in [-0.2, -0.15) is 0 Å². The van der Waals surface area contributed by atoms with Gasteiger partial charge in [0.05, 0.1) is 0 Å². The van der Waals surface area contributed by atoms with Crippen molar-refractivity contribution in [3.05, 3.63) is 28.0 Å². The molecule has 1 aromatic rings. The number of carbonyl (C=O) groups excluding carboxylic acids is 1. The van der Waals surface area contributed by atoms with Crippen molar-refractivity contribution in [1.29, 1.82) is 0 Å². The van der Waals surface area contributed by atoms with E-state index in [9.17, 15) is 4.79 Å². The molecule has 0 unspecified atom stereocenters. The van der Waals surface area contributed by atoms with Crippen LogP contribution in [0.15, 0.2) is 16.6 Å². The molecule has 14 heavy (non-hydrogen) atoms. The summed E-state index contributed by atoms with van der Waals surface area (Å²) >= 11 is 3.40. The molecule has 74 valence electrons. The molecule has 0 atom stereocenters. The summed E-state index contributed by atoms with van der Waals surface area (Å²) in [7, 11) is 0. The Morgan fingerprint density at radius 3 is 2.86 bits per heavy atom. The maximum atomic E-state index is 11.5. The third kappa shape index (κ3) is 2.41. The van der Waals surface area contributed by atoms with Crippen molar-refractivity contribution in [3.8, 4) is 0 Å². The van der Waals surface area contributed by atoms with Crippen LogP contribution in [0.5, 0.6) is 0 Å². The van der Waals surface area contributed by atoms with Crippen molar-refractivity contribution in [2.45, 2.75) is 26.2 Å². The number of rotatable bonds is 3. The Morgan fingerprint density at radius 1 is 1.57 bits per heavy atom. The molecule has 0 N–H and O–H groups in total. The average Bonchev–Trinajstić information content (AvgIpc) is 2.82. The van der Waals surface area contributed by atoms with E-state index in [1.807, 2.05) is 19.1 Å². The molecule has 1 heterocycles. The highest BCUT2D eigenvalue weighted by atomic mass is 79.9. The Labute approximate surface area is 91.9 Å². The zero-order valence-corrected chi connectivity index (χ0v) is 9.67. The Balaban J connectivity index is 2.11. The number of hydrogen-bond donors (Lipinski definition) is 0. The number of nitrogens with zero attached hydrogens (tertiary/aromatic N) is 1. The van der Waals surface area contributed by atoms with Crippen LogP contribution in [0.1, 0.15) is 24.2 Å². The monoisotopic (exact) mass is 253 g/mol. The van der Waals surface area contributed by atoms with E-state index in [2.05, 4.69) is 20.9 Å². The lowest BCUT2D eigenvalue weighted by Gasteiger charge is -2.01. The molecule has 1 saturated carbocycles. The highest BCUT2D eigenvalue weighted by Gasteiger charge is 2.29. The van der Waals surface area contributed by atoms with Gasteiger partial charge in [0.15, 0.2) is 0 Å². The number of ketones is 1. The molecular formula is C11H12BrNO. The van der Waals surface area contributed by atoms with E-state index >= 15 is 0 Å². The summed E-state index contributed by atoms with van der Waals surface area (Å²) < 4.78 is 1.00.